The number of carbonyl (C=O) groups is 3. The number of halogens is 1. The van der Waals surface area contributed by atoms with Crippen molar-refractivity contribution in [3.63, 3.8) is 0 Å². The van der Waals surface area contributed by atoms with Gasteiger partial charge in [0.2, 0.25) is 11.8 Å². The molecular formula is C22H21FN4O4. The van der Waals surface area contributed by atoms with Gasteiger partial charge in [-0.15, -0.1) is 0 Å². The van der Waals surface area contributed by atoms with Crippen LogP contribution in [0.1, 0.15) is 24.4 Å². The highest BCUT2D eigenvalue weighted by molar-refractivity contribution is 6.00. The van der Waals surface area contributed by atoms with Gasteiger partial charge >= 0.3 is 6.03 Å². The molecule has 2 aromatic carbocycles. The zero-order valence-corrected chi connectivity index (χ0v) is 16.8. The van der Waals surface area contributed by atoms with Crippen molar-refractivity contribution in [3.8, 4) is 5.88 Å². The SMILES string of the molecule is CN(Cc1cccc2c(O)n(C3CCC(=O)NC3=O)cc12)C(=O)Nc1cccc(F)c1. The lowest BCUT2D eigenvalue weighted by Crippen LogP contribution is -2.41. The Bertz CT molecular complexity index is 1190. The third-order valence-electron chi connectivity index (χ3n) is 5.33. The smallest absolute Gasteiger partial charge is 0.321 e. The number of fused-ring (bicyclic) bond motifs is 1. The van der Waals surface area contributed by atoms with Gasteiger partial charge in [-0.3, -0.25) is 14.9 Å². The molecule has 31 heavy (non-hydrogen) atoms. The van der Waals surface area contributed by atoms with Gasteiger partial charge in [0, 0.05) is 42.7 Å². The van der Waals surface area contributed by atoms with E-state index in [4.69, 9.17) is 0 Å². The van der Waals surface area contributed by atoms with E-state index in [2.05, 4.69) is 10.6 Å². The number of carbonyl (C=O) groups excluding carboxylic acids is 3. The van der Waals surface area contributed by atoms with Crippen LogP contribution in [0.3, 0.4) is 0 Å². The number of aromatic nitrogens is 1. The lowest BCUT2D eigenvalue weighted by atomic mass is 10.1. The fourth-order valence-electron chi connectivity index (χ4n) is 3.74. The molecule has 0 aliphatic carbocycles. The highest BCUT2D eigenvalue weighted by Gasteiger charge is 2.30. The Morgan fingerprint density at radius 3 is 2.77 bits per heavy atom. The van der Waals surface area contributed by atoms with Gasteiger partial charge in [-0.1, -0.05) is 18.2 Å². The number of amides is 4. The molecule has 3 N–H and O–H groups in total. The predicted molar refractivity (Wildman–Crippen MR) is 112 cm³/mol. The number of urea groups is 1. The third-order valence-corrected chi connectivity index (χ3v) is 5.33. The maximum atomic E-state index is 13.3. The molecule has 0 radical (unpaired) electrons. The van der Waals surface area contributed by atoms with Crippen molar-refractivity contribution in [1.82, 2.24) is 14.8 Å². The molecule has 1 unspecified atom stereocenters. The number of hydrogen-bond donors (Lipinski definition) is 3. The molecule has 4 amide bonds. The van der Waals surface area contributed by atoms with Crippen LogP contribution in [-0.2, 0) is 16.1 Å². The van der Waals surface area contributed by atoms with Crippen LogP contribution in [0.25, 0.3) is 10.8 Å². The summed E-state index contributed by atoms with van der Waals surface area (Å²) in [4.78, 5) is 37.6. The molecule has 2 heterocycles. The van der Waals surface area contributed by atoms with E-state index in [1.165, 1.54) is 27.7 Å². The highest BCUT2D eigenvalue weighted by Crippen LogP contribution is 2.34. The average Bonchev–Trinajstić information content (AvgIpc) is 3.05. The molecule has 160 valence electrons. The Hall–Kier alpha value is -3.88. The average molecular weight is 424 g/mol. The van der Waals surface area contributed by atoms with Gasteiger partial charge < -0.3 is 19.9 Å². The van der Waals surface area contributed by atoms with Gasteiger partial charge in [-0.25, -0.2) is 9.18 Å². The van der Waals surface area contributed by atoms with Gasteiger partial charge in [-0.2, -0.15) is 0 Å². The van der Waals surface area contributed by atoms with E-state index in [9.17, 15) is 23.9 Å². The summed E-state index contributed by atoms with van der Waals surface area (Å²) in [6.07, 6.45) is 2.16. The summed E-state index contributed by atoms with van der Waals surface area (Å²) in [5.74, 6) is -1.31. The molecule has 1 fully saturated rings. The largest absolute Gasteiger partial charge is 0.494 e. The molecule has 1 aliphatic heterocycles. The van der Waals surface area contributed by atoms with Gasteiger partial charge in [-0.05, 0) is 36.2 Å². The summed E-state index contributed by atoms with van der Waals surface area (Å²) in [5, 5.41) is 16.8. The summed E-state index contributed by atoms with van der Waals surface area (Å²) in [6, 6.07) is 9.81. The quantitative estimate of drug-likeness (QED) is 0.560. The van der Waals surface area contributed by atoms with Crippen molar-refractivity contribution in [2.24, 2.45) is 0 Å². The van der Waals surface area contributed by atoms with Crippen molar-refractivity contribution in [2.75, 3.05) is 12.4 Å². The summed E-state index contributed by atoms with van der Waals surface area (Å²) in [5.41, 5.74) is 1.10. The fourth-order valence-corrected chi connectivity index (χ4v) is 3.74. The zero-order chi connectivity index (χ0) is 22.1. The van der Waals surface area contributed by atoms with Crippen molar-refractivity contribution in [1.29, 1.82) is 0 Å². The van der Waals surface area contributed by atoms with Crippen LogP contribution in [0.4, 0.5) is 14.9 Å². The minimum atomic E-state index is -0.688. The monoisotopic (exact) mass is 424 g/mol. The van der Waals surface area contributed by atoms with Crippen LogP contribution in [0, 0.1) is 5.82 Å². The lowest BCUT2D eigenvalue weighted by Gasteiger charge is -2.22. The second-order valence-electron chi connectivity index (χ2n) is 7.50. The predicted octanol–water partition coefficient (Wildman–Crippen LogP) is 3.13. The topological polar surface area (TPSA) is 104 Å². The van der Waals surface area contributed by atoms with Crippen molar-refractivity contribution < 1.29 is 23.9 Å². The number of anilines is 1. The minimum Gasteiger partial charge on any atom is -0.494 e. The van der Waals surface area contributed by atoms with E-state index >= 15 is 0 Å². The van der Waals surface area contributed by atoms with Crippen LogP contribution in [0.2, 0.25) is 0 Å². The minimum absolute atomic E-state index is 0.0711. The van der Waals surface area contributed by atoms with Crippen LogP contribution in [0.5, 0.6) is 5.88 Å². The zero-order valence-electron chi connectivity index (χ0n) is 16.8. The molecule has 1 aliphatic rings. The number of nitrogens with zero attached hydrogens (tertiary/aromatic N) is 2. The molecule has 1 saturated heterocycles. The second-order valence-corrected chi connectivity index (χ2v) is 7.50. The first kappa shape index (κ1) is 20.4. The Balaban J connectivity index is 1.57. The molecule has 4 rings (SSSR count). The Morgan fingerprint density at radius 1 is 1.26 bits per heavy atom. The summed E-state index contributed by atoms with van der Waals surface area (Å²) >= 11 is 0. The third kappa shape index (κ3) is 4.07. The molecule has 9 heteroatoms. The van der Waals surface area contributed by atoms with E-state index in [0.717, 1.165) is 5.56 Å². The van der Waals surface area contributed by atoms with Gasteiger partial charge in [0.15, 0.2) is 5.88 Å². The first-order valence-electron chi connectivity index (χ1n) is 9.76. The summed E-state index contributed by atoms with van der Waals surface area (Å²) in [6.45, 7) is 0.220. The number of rotatable bonds is 4. The Morgan fingerprint density at radius 2 is 2.03 bits per heavy atom. The van der Waals surface area contributed by atoms with Crippen LogP contribution in [0.15, 0.2) is 48.7 Å². The van der Waals surface area contributed by atoms with Crippen molar-refractivity contribution >= 4 is 34.3 Å². The van der Waals surface area contributed by atoms with Crippen molar-refractivity contribution in [3.05, 3.63) is 60.0 Å². The molecule has 8 nitrogen and oxygen atoms in total. The van der Waals surface area contributed by atoms with Crippen LogP contribution < -0.4 is 10.6 Å². The molecule has 3 aromatic rings. The van der Waals surface area contributed by atoms with E-state index in [0.29, 0.717) is 22.9 Å². The number of benzene rings is 2. The first-order valence-corrected chi connectivity index (χ1v) is 9.76. The Kier molecular flexibility index (Phi) is 5.33. The van der Waals surface area contributed by atoms with Crippen molar-refractivity contribution in [2.45, 2.75) is 25.4 Å². The molecule has 0 saturated carbocycles. The summed E-state index contributed by atoms with van der Waals surface area (Å²) < 4.78 is 14.8. The second kappa shape index (κ2) is 8.10. The van der Waals surface area contributed by atoms with E-state index in [-0.39, 0.29) is 24.8 Å². The molecule has 1 aromatic heterocycles. The van der Waals surface area contributed by atoms with Gasteiger partial charge in [0.05, 0.1) is 0 Å². The van der Waals surface area contributed by atoms with E-state index in [1.54, 1.807) is 31.4 Å². The molecule has 0 bridgehead atoms. The lowest BCUT2D eigenvalue weighted by molar-refractivity contribution is -0.135. The standard InChI is InChI=1S/C22H21FN4O4/c1-26(22(31)24-15-6-3-5-14(23)10-15)11-13-4-2-7-16-17(13)12-27(21(16)30)18-8-9-19(28)25-20(18)29/h2-7,10,12,18,30H,8-9,11H2,1H3,(H,24,31)(H,25,28,29). The molecule has 1 atom stereocenters. The number of imide groups is 1. The number of piperidine rings is 1. The Labute approximate surface area is 177 Å². The normalized spacial score (nSPS) is 16.3. The van der Waals surface area contributed by atoms with E-state index in [1.807, 2.05) is 6.07 Å². The maximum Gasteiger partial charge on any atom is 0.321 e. The van der Waals surface area contributed by atoms with Gasteiger partial charge in [0.25, 0.3) is 0 Å². The molecule has 0 spiro atoms. The number of hydrogen-bond acceptors (Lipinski definition) is 4. The van der Waals surface area contributed by atoms with E-state index < -0.39 is 23.8 Å². The highest BCUT2D eigenvalue weighted by atomic mass is 19.1. The van der Waals surface area contributed by atoms with Crippen LogP contribution in [-0.4, -0.2) is 39.5 Å². The number of aromatic hydroxyl groups is 1. The number of nitrogens with one attached hydrogen (secondary N) is 2. The maximum absolute atomic E-state index is 13.3. The summed E-state index contributed by atoms with van der Waals surface area (Å²) in [7, 11) is 1.60. The van der Waals surface area contributed by atoms with Crippen LogP contribution >= 0.6 is 0 Å². The first-order chi connectivity index (χ1) is 14.8. The fraction of sp³-hybridized carbons (Fsp3) is 0.227. The molecular weight excluding hydrogens is 403 g/mol. The van der Waals surface area contributed by atoms with Gasteiger partial charge in [0.1, 0.15) is 11.9 Å².